The van der Waals surface area contributed by atoms with Gasteiger partial charge in [0.1, 0.15) is 10.6 Å². The molecule has 1 N–H and O–H groups in total. The molecule has 0 unspecified atom stereocenters. The van der Waals surface area contributed by atoms with Crippen LogP contribution in [0, 0.1) is 0 Å². The smallest absolute Gasteiger partial charge is 0.247 e. The Morgan fingerprint density at radius 2 is 2.00 bits per heavy atom. The number of H-pyrrole nitrogens is 1. The second-order valence-corrected chi connectivity index (χ2v) is 8.25. The number of sulfonamides is 1. The van der Waals surface area contributed by atoms with E-state index in [-0.39, 0.29) is 11.4 Å². The second kappa shape index (κ2) is 7.25. The Morgan fingerprint density at radius 1 is 1.14 bits per heavy atom. The summed E-state index contributed by atoms with van der Waals surface area (Å²) in [6.45, 7) is 0.616. The number of pyridine rings is 1. The quantitative estimate of drug-likeness (QED) is 0.705. The maximum absolute atomic E-state index is 13.4. The fourth-order valence-electron chi connectivity index (χ4n) is 3.35. The average Bonchev–Trinajstić information content (AvgIpc) is 3.21. The Balaban J connectivity index is 1.78. The van der Waals surface area contributed by atoms with Crippen molar-refractivity contribution in [2.75, 3.05) is 20.8 Å². The molecule has 28 heavy (non-hydrogen) atoms. The molecular weight excluding hydrogens is 380 g/mol. The number of hydrogen-bond acceptors (Lipinski definition) is 6. The molecule has 0 bridgehead atoms. The number of aromatic nitrogens is 3. The summed E-state index contributed by atoms with van der Waals surface area (Å²) >= 11 is 0. The number of imidazole rings is 1. The molecule has 9 heteroatoms. The lowest BCUT2D eigenvalue weighted by atomic mass is 10.1. The lowest BCUT2D eigenvalue weighted by Crippen LogP contribution is -2.36. The van der Waals surface area contributed by atoms with Crippen LogP contribution in [0.3, 0.4) is 0 Å². The summed E-state index contributed by atoms with van der Waals surface area (Å²) in [4.78, 5) is 11.6. The largest absolute Gasteiger partial charge is 0.495 e. The number of ether oxygens (including phenoxy) is 2. The minimum Gasteiger partial charge on any atom is -0.495 e. The zero-order chi connectivity index (χ0) is 19.7. The van der Waals surface area contributed by atoms with Crippen molar-refractivity contribution in [2.24, 2.45) is 0 Å². The number of nitrogens with one attached hydrogen (secondary N) is 1. The minimum absolute atomic E-state index is 0.112. The summed E-state index contributed by atoms with van der Waals surface area (Å²) in [5.41, 5.74) is 3.12. The van der Waals surface area contributed by atoms with Crippen LogP contribution in [0.5, 0.6) is 11.6 Å². The van der Waals surface area contributed by atoms with Gasteiger partial charge in [-0.05, 0) is 29.8 Å². The summed E-state index contributed by atoms with van der Waals surface area (Å²) < 4.78 is 38.9. The van der Waals surface area contributed by atoms with E-state index >= 15 is 0 Å². The van der Waals surface area contributed by atoms with E-state index < -0.39 is 10.0 Å². The Hall–Kier alpha value is -2.91. The first-order valence-corrected chi connectivity index (χ1v) is 10.2. The number of hydrogen-bond donors (Lipinski definition) is 1. The van der Waals surface area contributed by atoms with Crippen LogP contribution in [0.2, 0.25) is 0 Å². The molecule has 0 fully saturated rings. The normalized spacial score (nSPS) is 14.5. The Morgan fingerprint density at radius 3 is 2.79 bits per heavy atom. The molecule has 4 rings (SSSR count). The van der Waals surface area contributed by atoms with E-state index in [0.717, 1.165) is 11.4 Å². The Bertz CT molecular complexity index is 1110. The molecule has 1 aliphatic rings. The third-order valence-electron chi connectivity index (χ3n) is 4.80. The van der Waals surface area contributed by atoms with Crippen molar-refractivity contribution in [3.05, 3.63) is 54.2 Å². The van der Waals surface area contributed by atoms with E-state index in [0.29, 0.717) is 35.7 Å². The molecule has 146 valence electrons. The zero-order valence-electron chi connectivity index (χ0n) is 15.5. The lowest BCUT2D eigenvalue weighted by molar-refractivity contribution is 0.374. The molecule has 1 aliphatic heterocycles. The molecule has 1 aromatic carbocycles. The van der Waals surface area contributed by atoms with Crippen molar-refractivity contribution in [1.82, 2.24) is 19.3 Å². The first kappa shape index (κ1) is 18.5. The lowest BCUT2D eigenvalue weighted by Gasteiger charge is -2.26. The van der Waals surface area contributed by atoms with E-state index in [4.69, 9.17) is 9.47 Å². The van der Waals surface area contributed by atoms with Crippen molar-refractivity contribution in [3.63, 3.8) is 0 Å². The zero-order valence-corrected chi connectivity index (χ0v) is 16.4. The van der Waals surface area contributed by atoms with Gasteiger partial charge in [0.05, 0.1) is 38.5 Å². The van der Waals surface area contributed by atoms with Crippen LogP contribution in [0.4, 0.5) is 0 Å². The highest BCUT2D eigenvalue weighted by Crippen LogP contribution is 2.35. The summed E-state index contributed by atoms with van der Waals surface area (Å²) in [6.07, 6.45) is 3.78. The second-order valence-electron chi connectivity index (χ2n) is 6.34. The highest BCUT2D eigenvalue weighted by Gasteiger charge is 2.32. The van der Waals surface area contributed by atoms with Gasteiger partial charge in [-0.25, -0.2) is 18.4 Å². The van der Waals surface area contributed by atoms with E-state index in [1.165, 1.54) is 18.5 Å². The topological polar surface area (TPSA) is 97.4 Å². The Labute approximate surface area is 163 Å². The molecule has 2 aromatic heterocycles. The van der Waals surface area contributed by atoms with Gasteiger partial charge >= 0.3 is 0 Å². The van der Waals surface area contributed by atoms with Crippen molar-refractivity contribution in [3.8, 4) is 22.8 Å². The fourth-order valence-corrected chi connectivity index (χ4v) is 4.94. The van der Waals surface area contributed by atoms with Gasteiger partial charge in [0.2, 0.25) is 15.9 Å². The molecule has 0 aliphatic carbocycles. The third-order valence-corrected chi connectivity index (χ3v) is 6.66. The molecule has 3 heterocycles. The molecule has 8 nitrogen and oxygen atoms in total. The predicted molar refractivity (Wildman–Crippen MR) is 103 cm³/mol. The summed E-state index contributed by atoms with van der Waals surface area (Å²) in [5, 5.41) is 0. The number of fused-ring (bicyclic) bond motifs is 1. The van der Waals surface area contributed by atoms with Crippen LogP contribution in [0.1, 0.15) is 11.4 Å². The number of aromatic amines is 1. The average molecular weight is 400 g/mol. The van der Waals surface area contributed by atoms with Gasteiger partial charge in [-0.1, -0.05) is 6.07 Å². The van der Waals surface area contributed by atoms with Gasteiger partial charge in [-0.2, -0.15) is 4.31 Å². The van der Waals surface area contributed by atoms with Gasteiger partial charge in [0.25, 0.3) is 0 Å². The van der Waals surface area contributed by atoms with E-state index in [2.05, 4.69) is 15.0 Å². The van der Waals surface area contributed by atoms with Crippen LogP contribution in [-0.4, -0.2) is 48.4 Å². The van der Waals surface area contributed by atoms with Crippen molar-refractivity contribution >= 4 is 10.0 Å². The van der Waals surface area contributed by atoms with Crippen molar-refractivity contribution < 1.29 is 17.9 Å². The molecule has 0 radical (unpaired) electrons. The molecule has 3 aromatic rings. The van der Waals surface area contributed by atoms with E-state index in [1.54, 1.807) is 36.8 Å². The first-order chi connectivity index (χ1) is 13.5. The van der Waals surface area contributed by atoms with Gasteiger partial charge in [-0.3, -0.25) is 0 Å². The maximum Gasteiger partial charge on any atom is 0.247 e. The number of nitrogens with zero attached hydrogens (tertiary/aromatic N) is 3. The summed E-state index contributed by atoms with van der Waals surface area (Å²) in [6, 6.07) is 8.67. The molecule has 0 spiro atoms. The Kier molecular flexibility index (Phi) is 4.78. The highest BCUT2D eigenvalue weighted by atomic mass is 32.2. The maximum atomic E-state index is 13.4. The standard InChI is InChI=1S/C19H20N4O4S/c1-26-17-6-5-13(14-4-3-8-20-19(14)27-2)10-18(17)28(24,25)23-9-7-15-16(11-23)22-12-21-15/h3-6,8,10,12H,7,9,11H2,1-2H3,(H,21,22). The molecule has 0 saturated carbocycles. The SMILES string of the molecule is COc1ccc(-c2cccnc2OC)cc1S(=O)(=O)N1CCc2nc[nH]c2C1. The van der Waals surface area contributed by atoms with Gasteiger partial charge in [0.15, 0.2) is 0 Å². The fraction of sp³-hybridized carbons (Fsp3) is 0.263. The summed E-state index contributed by atoms with van der Waals surface area (Å²) in [5.74, 6) is 0.720. The van der Waals surface area contributed by atoms with Crippen LogP contribution >= 0.6 is 0 Å². The van der Waals surface area contributed by atoms with Crippen LogP contribution in [0.25, 0.3) is 11.1 Å². The van der Waals surface area contributed by atoms with Crippen LogP contribution < -0.4 is 9.47 Å². The molecule has 0 amide bonds. The monoisotopic (exact) mass is 400 g/mol. The van der Waals surface area contributed by atoms with Crippen LogP contribution in [-0.2, 0) is 23.0 Å². The molecule has 0 saturated heterocycles. The van der Waals surface area contributed by atoms with Crippen molar-refractivity contribution in [2.45, 2.75) is 17.9 Å². The van der Waals surface area contributed by atoms with Gasteiger partial charge in [0, 0.05) is 24.7 Å². The van der Waals surface area contributed by atoms with Gasteiger partial charge in [-0.15, -0.1) is 0 Å². The summed E-state index contributed by atoms with van der Waals surface area (Å²) in [7, 11) is -0.785. The molecule has 0 atom stereocenters. The van der Waals surface area contributed by atoms with Crippen molar-refractivity contribution in [1.29, 1.82) is 0 Å². The van der Waals surface area contributed by atoms with E-state index in [1.807, 2.05) is 6.07 Å². The first-order valence-electron chi connectivity index (χ1n) is 8.73. The third kappa shape index (κ3) is 3.12. The van der Waals surface area contributed by atoms with E-state index in [9.17, 15) is 8.42 Å². The predicted octanol–water partition coefficient (Wildman–Crippen LogP) is 2.24. The number of methoxy groups -OCH3 is 2. The van der Waals surface area contributed by atoms with Gasteiger partial charge < -0.3 is 14.5 Å². The highest BCUT2D eigenvalue weighted by molar-refractivity contribution is 7.89. The number of rotatable bonds is 5. The molecular formula is C19H20N4O4S. The number of benzene rings is 1. The minimum atomic E-state index is -3.78. The van der Waals surface area contributed by atoms with Crippen LogP contribution in [0.15, 0.2) is 47.8 Å².